The number of aromatic nitrogens is 1. The van der Waals surface area contributed by atoms with Gasteiger partial charge in [-0.05, 0) is 38.5 Å². The molecule has 0 saturated heterocycles. The molecule has 1 aromatic heterocycles. The van der Waals surface area contributed by atoms with Crippen LogP contribution < -0.4 is 5.32 Å². The molecule has 2 rings (SSSR count). The molecule has 116 valence electrons. The summed E-state index contributed by atoms with van der Waals surface area (Å²) in [6, 6.07) is 6.44. The zero-order valence-electron chi connectivity index (χ0n) is 12.6. The van der Waals surface area contributed by atoms with E-state index >= 15 is 0 Å². The summed E-state index contributed by atoms with van der Waals surface area (Å²) in [5.41, 5.74) is 0.399. The van der Waals surface area contributed by atoms with Crippen molar-refractivity contribution in [2.75, 3.05) is 0 Å². The number of carbonyl (C=O) groups excluding carboxylic acids is 1. The van der Waals surface area contributed by atoms with Crippen LogP contribution >= 0.6 is 0 Å². The van der Waals surface area contributed by atoms with Crippen molar-refractivity contribution in [1.82, 2.24) is 10.3 Å². The van der Waals surface area contributed by atoms with E-state index in [1.54, 1.807) is 39.0 Å². The number of ether oxygens (including phenoxy) is 1. The Balaban J connectivity index is 2.24. The normalized spacial score (nSPS) is 11.2. The number of carbonyl (C=O) groups is 1. The number of fused-ring (bicyclic) bond motifs is 1. The highest BCUT2D eigenvalue weighted by molar-refractivity contribution is 5.89. The predicted molar refractivity (Wildman–Crippen MR) is 81.5 cm³/mol. The number of alkyl carbamates (subject to hydrolysis) is 1. The molecule has 0 bridgehead atoms. The molecular weight excluding hydrogens is 286 g/mol. The smallest absolute Gasteiger partial charge is 0.407 e. The van der Waals surface area contributed by atoms with E-state index in [1.807, 2.05) is 0 Å². The van der Waals surface area contributed by atoms with Gasteiger partial charge < -0.3 is 10.1 Å². The quantitative estimate of drug-likeness (QED) is 0.694. The lowest BCUT2D eigenvalue weighted by atomic mass is 10.1. The first kappa shape index (κ1) is 15.7. The Labute approximate surface area is 127 Å². The van der Waals surface area contributed by atoms with Gasteiger partial charge in [-0.25, -0.2) is 9.78 Å². The van der Waals surface area contributed by atoms with Gasteiger partial charge in [0.25, 0.3) is 5.69 Å². The minimum absolute atomic E-state index is 0.0587. The number of hydrogen-bond acceptors (Lipinski definition) is 5. The van der Waals surface area contributed by atoms with Gasteiger partial charge in [-0.1, -0.05) is 6.07 Å². The van der Waals surface area contributed by atoms with Crippen molar-refractivity contribution in [3.8, 4) is 0 Å². The van der Waals surface area contributed by atoms with Crippen LogP contribution in [0.3, 0.4) is 0 Å². The Bertz CT molecular complexity index is 722. The summed E-state index contributed by atoms with van der Waals surface area (Å²) in [7, 11) is 0. The second-order valence-electron chi connectivity index (χ2n) is 5.76. The van der Waals surface area contributed by atoms with Crippen LogP contribution in [0.2, 0.25) is 0 Å². The molecule has 22 heavy (non-hydrogen) atoms. The van der Waals surface area contributed by atoms with Gasteiger partial charge in [0.1, 0.15) is 11.1 Å². The van der Waals surface area contributed by atoms with Crippen molar-refractivity contribution in [2.45, 2.75) is 32.9 Å². The minimum Gasteiger partial charge on any atom is -0.444 e. The lowest BCUT2D eigenvalue weighted by Crippen LogP contribution is -2.32. The first-order valence-electron chi connectivity index (χ1n) is 6.76. The molecule has 0 aliphatic carbocycles. The molecule has 0 fully saturated rings. The standard InChI is InChI=1S/C15H17N3O4/c1-15(2,3)22-14(19)17-9-10-6-7-12(18(20)21)13-11(10)5-4-8-16-13/h4-8H,9H2,1-3H3,(H,17,19). The number of pyridine rings is 1. The monoisotopic (exact) mass is 303 g/mol. The summed E-state index contributed by atoms with van der Waals surface area (Å²) in [6.45, 7) is 5.53. The lowest BCUT2D eigenvalue weighted by molar-refractivity contribution is -0.383. The van der Waals surface area contributed by atoms with E-state index in [9.17, 15) is 14.9 Å². The van der Waals surface area contributed by atoms with Gasteiger partial charge in [0, 0.05) is 24.2 Å². The summed E-state index contributed by atoms with van der Waals surface area (Å²) in [5, 5.41) is 14.3. The molecule has 0 radical (unpaired) electrons. The molecule has 7 nitrogen and oxygen atoms in total. The van der Waals surface area contributed by atoms with E-state index in [-0.39, 0.29) is 12.2 Å². The molecule has 0 atom stereocenters. The maximum atomic E-state index is 11.7. The van der Waals surface area contributed by atoms with Crippen molar-refractivity contribution in [3.05, 3.63) is 46.1 Å². The number of nitro groups is 1. The van der Waals surface area contributed by atoms with Crippen LogP contribution in [0.15, 0.2) is 30.5 Å². The average molecular weight is 303 g/mol. The Kier molecular flexibility index (Phi) is 4.25. The highest BCUT2D eigenvalue weighted by Crippen LogP contribution is 2.26. The number of nitrogens with zero attached hydrogens (tertiary/aromatic N) is 2. The molecule has 2 aromatic rings. The van der Waals surface area contributed by atoms with Gasteiger partial charge in [0.2, 0.25) is 0 Å². The molecule has 1 heterocycles. The SMILES string of the molecule is CC(C)(C)OC(=O)NCc1ccc([N+](=O)[O-])c2ncccc12. The minimum atomic E-state index is -0.580. The van der Waals surface area contributed by atoms with Gasteiger partial charge >= 0.3 is 6.09 Å². The third kappa shape index (κ3) is 3.69. The van der Waals surface area contributed by atoms with Gasteiger partial charge in [0.15, 0.2) is 0 Å². The molecule has 0 saturated carbocycles. The number of non-ortho nitro benzene ring substituents is 1. The van der Waals surface area contributed by atoms with Crippen LogP contribution in [0.1, 0.15) is 26.3 Å². The molecule has 7 heteroatoms. The van der Waals surface area contributed by atoms with Gasteiger partial charge in [0.05, 0.1) is 4.92 Å². The van der Waals surface area contributed by atoms with Crippen molar-refractivity contribution in [1.29, 1.82) is 0 Å². The molecule has 0 unspecified atom stereocenters. The molecular formula is C15H17N3O4. The van der Waals surface area contributed by atoms with Gasteiger partial charge in [-0.3, -0.25) is 10.1 Å². The highest BCUT2D eigenvalue weighted by atomic mass is 16.6. The summed E-state index contributed by atoms with van der Waals surface area (Å²) in [4.78, 5) is 26.3. The summed E-state index contributed by atoms with van der Waals surface area (Å²) >= 11 is 0. The molecule has 1 aromatic carbocycles. The van der Waals surface area contributed by atoms with Gasteiger partial charge in [-0.15, -0.1) is 0 Å². The second-order valence-corrected chi connectivity index (χ2v) is 5.76. The van der Waals surface area contributed by atoms with E-state index in [1.165, 1.54) is 12.3 Å². The Morgan fingerprint density at radius 2 is 2.09 bits per heavy atom. The predicted octanol–water partition coefficient (Wildman–Crippen LogP) is 3.17. The topological polar surface area (TPSA) is 94.4 Å². The number of hydrogen-bond donors (Lipinski definition) is 1. The lowest BCUT2D eigenvalue weighted by Gasteiger charge is -2.19. The number of benzene rings is 1. The number of amides is 1. The second kappa shape index (κ2) is 5.97. The summed E-state index contributed by atoms with van der Waals surface area (Å²) in [5.74, 6) is 0. The largest absolute Gasteiger partial charge is 0.444 e. The Morgan fingerprint density at radius 3 is 2.73 bits per heavy atom. The Hall–Kier alpha value is -2.70. The van der Waals surface area contributed by atoms with Gasteiger partial charge in [-0.2, -0.15) is 0 Å². The van der Waals surface area contributed by atoms with Crippen molar-refractivity contribution in [3.63, 3.8) is 0 Å². The zero-order chi connectivity index (χ0) is 16.3. The van der Waals surface area contributed by atoms with E-state index in [0.29, 0.717) is 10.9 Å². The molecule has 0 spiro atoms. The fourth-order valence-corrected chi connectivity index (χ4v) is 2.00. The van der Waals surface area contributed by atoms with Crippen LogP contribution in [0, 0.1) is 10.1 Å². The summed E-state index contributed by atoms with van der Waals surface area (Å²) in [6.07, 6.45) is 0.961. The molecule has 0 aliphatic heterocycles. The molecule has 1 N–H and O–H groups in total. The van der Waals surface area contributed by atoms with Crippen molar-refractivity contribution >= 4 is 22.7 Å². The fraction of sp³-hybridized carbons (Fsp3) is 0.333. The fourth-order valence-electron chi connectivity index (χ4n) is 2.00. The first-order chi connectivity index (χ1) is 10.3. The van der Waals surface area contributed by atoms with Crippen LogP contribution in [-0.4, -0.2) is 21.6 Å². The third-order valence-corrected chi connectivity index (χ3v) is 2.86. The van der Waals surface area contributed by atoms with Crippen LogP contribution in [0.25, 0.3) is 10.9 Å². The number of rotatable bonds is 3. The van der Waals surface area contributed by atoms with E-state index in [0.717, 1.165) is 5.56 Å². The highest BCUT2D eigenvalue weighted by Gasteiger charge is 2.18. The van der Waals surface area contributed by atoms with Crippen molar-refractivity contribution in [2.24, 2.45) is 0 Å². The average Bonchev–Trinajstić information content (AvgIpc) is 2.42. The summed E-state index contributed by atoms with van der Waals surface area (Å²) < 4.78 is 5.16. The Morgan fingerprint density at radius 1 is 1.36 bits per heavy atom. The maximum Gasteiger partial charge on any atom is 0.407 e. The maximum absolute atomic E-state index is 11.7. The molecule has 1 amide bonds. The first-order valence-corrected chi connectivity index (χ1v) is 6.76. The number of nitro benzene ring substituents is 1. The van der Waals surface area contributed by atoms with E-state index in [2.05, 4.69) is 10.3 Å². The van der Waals surface area contributed by atoms with E-state index < -0.39 is 16.6 Å². The van der Waals surface area contributed by atoms with E-state index in [4.69, 9.17) is 4.74 Å². The van der Waals surface area contributed by atoms with Crippen LogP contribution in [0.4, 0.5) is 10.5 Å². The van der Waals surface area contributed by atoms with Crippen LogP contribution in [-0.2, 0) is 11.3 Å². The molecule has 0 aliphatic rings. The van der Waals surface area contributed by atoms with Crippen LogP contribution in [0.5, 0.6) is 0 Å². The zero-order valence-corrected chi connectivity index (χ0v) is 12.6. The third-order valence-electron chi connectivity index (χ3n) is 2.86. The van der Waals surface area contributed by atoms with Crippen molar-refractivity contribution < 1.29 is 14.5 Å². The number of nitrogens with one attached hydrogen (secondary N) is 1.